The third-order valence-corrected chi connectivity index (χ3v) is 4.49. The minimum absolute atomic E-state index is 0.0369. The number of carbonyl (C=O) groups excluding carboxylic acids is 1. The molecule has 1 fully saturated rings. The molecule has 0 unspecified atom stereocenters. The van der Waals surface area contributed by atoms with E-state index in [2.05, 4.69) is 15.9 Å². The molecule has 0 radical (unpaired) electrons. The number of halogens is 1. The Hall–Kier alpha value is -1.44. The van der Waals surface area contributed by atoms with Gasteiger partial charge in [-0.1, -0.05) is 34.1 Å². The van der Waals surface area contributed by atoms with Crippen LogP contribution in [0.4, 0.5) is 0 Å². The second kappa shape index (κ2) is 8.42. The molecule has 0 spiro atoms. The Kier molecular flexibility index (Phi) is 6.56. The average Bonchev–Trinajstić information content (AvgIpc) is 2.49. The average molecular weight is 385 g/mol. The van der Waals surface area contributed by atoms with Crippen LogP contribution in [0, 0.1) is 0 Å². The topological polar surface area (TPSA) is 70.1 Å². The Morgan fingerprint density at radius 3 is 2.87 bits per heavy atom. The van der Waals surface area contributed by atoms with E-state index < -0.39 is 5.97 Å². The predicted octanol–water partition coefficient (Wildman–Crippen LogP) is 1.24. The van der Waals surface area contributed by atoms with E-state index in [0.29, 0.717) is 32.7 Å². The van der Waals surface area contributed by atoms with Gasteiger partial charge in [0.15, 0.2) is 0 Å². The molecule has 1 aromatic carbocycles. The molecule has 1 aliphatic rings. The molecule has 1 aromatic rings. The largest absolute Gasteiger partial charge is 0.480 e. The summed E-state index contributed by atoms with van der Waals surface area (Å²) in [5, 5.41) is 8.79. The Morgan fingerprint density at radius 2 is 2.17 bits per heavy atom. The normalized spacial score (nSPS) is 18.2. The third kappa shape index (κ3) is 5.60. The molecule has 0 aliphatic carbocycles. The van der Waals surface area contributed by atoms with Crippen LogP contribution in [0.15, 0.2) is 28.7 Å². The summed E-state index contributed by atoms with van der Waals surface area (Å²) in [7, 11) is 1.74. The van der Waals surface area contributed by atoms with E-state index in [-0.39, 0.29) is 18.6 Å². The molecule has 1 aliphatic heterocycles. The van der Waals surface area contributed by atoms with Gasteiger partial charge in [0.05, 0.1) is 25.7 Å². The van der Waals surface area contributed by atoms with Crippen LogP contribution in [0.1, 0.15) is 5.56 Å². The maximum Gasteiger partial charge on any atom is 0.317 e. The molecule has 6 nitrogen and oxygen atoms in total. The van der Waals surface area contributed by atoms with E-state index in [0.717, 1.165) is 10.0 Å². The van der Waals surface area contributed by atoms with Crippen molar-refractivity contribution in [3.63, 3.8) is 0 Å². The summed E-state index contributed by atoms with van der Waals surface area (Å²) < 4.78 is 6.58. The first-order valence-electron chi connectivity index (χ1n) is 7.49. The molecule has 126 valence electrons. The summed E-state index contributed by atoms with van der Waals surface area (Å²) in [6.07, 6.45) is 0.190. The van der Waals surface area contributed by atoms with E-state index in [9.17, 15) is 9.59 Å². The van der Waals surface area contributed by atoms with E-state index in [1.54, 1.807) is 16.8 Å². The number of carboxylic acids is 1. The highest BCUT2D eigenvalue weighted by Crippen LogP contribution is 2.18. The number of amides is 1. The van der Waals surface area contributed by atoms with Gasteiger partial charge in [0.25, 0.3) is 0 Å². The van der Waals surface area contributed by atoms with Crippen LogP contribution >= 0.6 is 15.9 Å². The highest BCUT2D eigenvalue weighted by Gasteiger charge is 2.25. The fraction of sp³-hybridized carbons (Fsp3) is 0.500. The summed E-state index contributed by atoms with van der Waals surface area (Å²) in [6, 6.07) is 7.68. The minimum Gasteiger partial charge on any atom is -0.480 e. The van der Waals surface area contributed by atoms with Crippen LogP contribution in [0.3, 0.4) is 0 Å². The number of likely N-dealkylation sites (N-methyl/N-ethyl adjacent to an activating group) is 1. The van der Waals surface area contributed by atoms with Crippen molar-refractivity contribution in [2.45, 2.75) is 12.5 Å². The van der Waals surface area contributed by atoms with Crippen molar-refractivity contribution in [3.05, 3.63) is 34.3 Å². The zero-order chi connectivity index (χ0) is 16.8. The van der Waals surface area contributed by atoms with Crippen LogP contribution < -0.4 is 0 Å². The lowest BCUT2D eigenvalue weighted by atomic mass is 10.1. The number of carboxylic acid groups (broad SMARTS) is 1. The summed E-state index contributed by atoms with van der Waals surface area (Å²) in [5.74, 6) is -0.809. The molecule has 1 saturated heterocycles. The van der Waals surface area contributed by atoms with Crippen LogP contribution in [0.2, 0.25) is 0 Å². The SMILES string of the molecule is CN(CC(=O)O)C[C@@H]1CN(C(=O)Cc2ccccc2Br)CCO1. The smallest absolute Gasteiger partial charge is 0.317 e. The van der Waals surface area contributed by atoms with Crippen molar-refractivity contribution in [3.8, 4) is 0 Å². The van der Waals surface area contributed by atoms with Gasteiger partial charge in [0, 0.05) is 24.1 Å². The number of carbonyl (C=O) groups is 2. The van der Waals surface area contributed by atoms with Crippen molar-refractivity contribution >= 4 is 27.8 Å². The Bertz CT molecular complexity index is 567. The predicted molar refractivity (Wildman–Crippen MR) is 89.3 cm³/mol. The maximum atomic E-state index is 12.5. The standard InChI is InChI=1S/C16H21BrN2O4/c1-18(11-16(21)22)9-13-10-19(6-7-23-13)15(20)8-12-4-2-3-5-14(12)17/h2-5,13H,6-11H2,1H3,(H,21,22)/t13-/m1/s1. The van der Waals surface area contributed by atoms with Crippen LogP contribution in [-0.4, -0.2) is 72.7 Å². The number of nitrogens with zero attached hydrogens (tertiary/aromatic N) is 2. The van der Waals surface area contributed by atoms with Gasteiger partial charge in [-0.15, -0.1) is 0 Å². The fourth-order valence-corrected chi connectivity index (χ4v) is 3.04. The molecule has 23 heavy (non-hydrogen) atoms. The first-order chi connectivity index (χ1) is 11.0. The summed E-state index contributed by atoms with van der Waals surface area (Å²) in [4.78, 5) is 26.7. The summed E-state index contributed by atoms with van der Waals surface area (Å²) >= 11 is 3.46. The van der Waals surface area contributed by atoms with Gasteiger partial charge in [-0.3, -0.25) is 14.5 Å². The molecule has 1 heterocycles. The third-order valence-electron chi connectivity index (χ3n) is 3.71. The first-order valence-corrected chi connectivity index (χ1v) is 8.28. The molecule has 7 heteroatoms. The molecular formula is C16H21BrN2O4. The highest BCUT2D eigenvalue weighted by molar-refractivity contribution is 9.10. The lowest BCUT2D eigenvalue weighted by Crippen LogP contribution is -2.50. The fourth-order valence-electron chi connectivity index (χ4n) is 2.62. The number of rotatable bonds is 6. The zero-order valence-electron chi connectivity index (χ0n) is 13.1. The van der Waals surface area contributed by atoms with E-state index in [1.807, 2.05) is 24.3 Å². The number of hydrogen-bond acceptors (Lipinski definition) is 4. The van der Waals surface area contributed by atoms with Gasteiger partial charge < -0.3 is 14.7 Å². The van der Waals surface area contributed by atoms with E-state index in [1.165, 1.54) is 0 Å². The van der Waals surface area contributed by atoms with Gasteiger partial charge in [-0.05, 0) is 18.7 Å². The molecule has 2 rings (SSSR count). The van der Waals surface area contributed by atoms with Gasteiger partial charge in [0.1, 0.15) is 0 Å². The van der Waals surface area contributed by atoms with Crippen LogP contribution in [0.5, 0.6) is 0 Å². The Morgan fingerprint density at radius 1 is 1.43 bits per heavy atom. The second-order valence-corrected chi connectivity index (χ2v) is 6.55. The molecule has 1 N–H and O–H groups in total. The van der Waals surface area contributed by atoms with Crippen molar-refractivity contribution in [1.82, 2.24) is 9.80 Å². The van der Waals surface area contributed by atoms with Crippen molar-refractivity contribution < 1.29 is 19.4 Å². The number of aliphatic carboxylic acids is 1. The minimum atomic E-state index is -0.870. The Balaban J connectivity index is 1.89. The van der Waals surface area contributed by atoms with Gasteiger partial charge >= 0.3 is 5.97 Å². The number of hydrogen-bond donors (Lipinski definition) is 1. The lowest BCUT2D eigenvalue weighted by Gasteiger charge is -2.34. The number of morpholine rings is 1. The van der Waals surface area contributed by atoms with Crippen molar-refractivity contribution in [2.75, 3.05) is 39.8 Å². The van der Waals surface area contributed by atoms with Crippen molar-refractivity contribution in [2.24, 2.45) is 0 Å². The first kappa shape index (κ1) is 17.9. The lowest BCUT2D eigenvalue weighted by molar-refractivity contribution is -0.142. The quantitative estimate of drug-likeness (QED) is 0.798. The van der Waals surface area contributed by atoms with Crippen molar-refractivity contribution in [1.29, 1.82) is 0 Å². The molecule has 0 saturated carbocycles. The molecule has 1 atom stereocenters. The molecule has 0 aromatic heterocycles. The second-order valence-electron chi connectivity index (χ2n) is 5.69. The monoisotopic (exact) mass is 384 g/mol. The van der Waals surface area contributed by atoms with Gasteiger partial charge in [-0.2, -0.15) is 0 Å². The number of benzene rings is 1. The molecule has 0 bridgehead atoms. The summed E-state index contributed by atoms with van der Waals surface area (Å²) in [5.41, 5.74) is 0.962. The molecule has 1 amide bonds. The van der Waals surface area contributed by atoms with Crippen LogP contribution in [0.25, 0.3) is 0 Å². The highest BCUT2D eigenvalue weighted by atomic mass is 79.9. The van der Waals surface area contributed by atoms with E-state index >= 15 is 0 Å². The maximum absolute atomic E-state index is 12.5. The summed E-state index contributed by atoms with van der Waals surface area (Å²) in [6.45, 7) is 2.00. The van der Waals surface area contributed by atoms with E-state index in [4.69, 9.17) is 9.84 Å². The number of ether oxygens (including phenoxy) is 1. The van der Waals surface area contributed by atoms with Crippen LogP contribution in [-0.2, 0) is 20.7 Å². The zero-order valence-corrected chi connectivity index (χ0v) is 14.7. The Labute approximate surface area is 144 Å². The van der Waals surface area contributed by atoms with Gasteiger partial charge in [0.2, 0.25) is 5.91 Å². The van der Waals surface area contributed by atoms with Gasteiger partial charge in [-0.25, -0.2) is 0 Å². The molecular weight excluding hydrogens is 364 g/mol.